The van der Waals surface area contributed by atoms with Gasteiger partial charge in [-0.1, -0.05) is 0 Å². The zero-order valence-electron chi connectivity index (χ0n) is 11.3. The molecule has 1 atom stereocenters. The molecule has 0 aromatic heterocycles. The molecule has 1 aliphatic carbocycles. The summed E-state index contributed by atoms with van der Waals surface area (Å²) in [4.78, 5) is 14.3. The first kappa shape index (κ1) is 14.6. The van der Waals surface area contributed by atoms with Gasteiger partial charge in [-0.3, -0.25) is 9.69 Å². The standard InChI is InChI=1S/C15H16F2N2O/c1-10(19(8-2-7-18)12-4-5-12)15(20)13-6-3-11(16)9-14(13)17/h3,6,9-10,12H,2,4-5,8H2,1H3. The second kappa shape index (κ2) is 6.10. The third-order valence-corrected chi connectivity index (χ3v) is 3.57. The number of carbonyl (C=O) groups excluding carboxylic acids is 1. The van der Waals surface area contributed by atoms with Crippen molar-refractivity contribution in [2.45, 2.75) is 38.3 Å². The van der Waals surface area contributed by atoms with Gasteiger partial charge >= 0.3 is 0 Å². The molecule has 3 nitrogen and oxygen atoms in total. The molecule has 20 heavy (non-hydrogen) atoms. The van der Waals surface area contributed by atoms with Crippen LogP contribution < -0.4 is 0 Å². The van der Waals surface area contributed by atoms with E-state index in [0.29, 0.717) is 19.0 Å². The average molecular weight is 278 g/mol. The first-order chi connectivity index (χ1) is 9.54. The number of carbonyl (C=O) groups is 1. The molecule has 0 heterocycles. The van der Waals surface area contributed by atoms with Crippen molar-refractivity contribution in [2.24, 2.45) is 0 Å². The highest BCUT2D eigenvalue weighted by atomic mass is 19.1. The van der Waals surface area contributed by atoms with Crippen molar-refractivity contribution in [3.8, 4) is 6.07 Å². The lowest BCUT2D eigenvalue weighted by Crippen LogP contribution is -2.41. The summed E-state index contributed by atoms with van der Waals surface area (Å²) in [5, 5.41) is 8.67. The molecule has 106 valence electrons. The summed E-state index contributed by atoms with van der Waals surface area (Å²) in [7, 11) is 0. The Morgan fingerprint density at radius 2 is 2.20 bits per heavy atom. The summed E-state index contributed by atoms with van der Waals surface area (Å²) in [6.45, 7) is 2.21. The lowest BCUT2D eigenvalue weighted by molar-refractivity contribution is 0.0825. The molecule has 0 N–H and O–H groups in total. The molecule has 0 spiro atoms. The maximum absolute atomic E-state index is 13.7. The monoisotopic (exact) mass is 278 g/mol. The van der Waals surface area contributed by atoms with E-state index in [1.54, 1.807) is 6.92 Å². The van der Waals surface area contributed by atoms with Gasteiger partial charge in [0.05, 0.1) is 17.7 Å². The Labute approximate surface area is 116 Å². The number of ketones is 1. The van der Waals surface area contributed by atoms with E-state index in [2.05, 4.69) is 6.07 Å². The highest BCUT2D eigenvalue weighted by Crippen LogP contribution is 2.30. The highest BCUT2D eigenvalue weighted by molar-refractivity contribution is 6.00. The first-order valence-corrected chi connectivity index (χ1v) is 6.66. The van der Waals surface area contributed by atoms with E-state index in [-0.39, 0.29) is 11.3 Å². The van der Waals surface area contributed by atoms with Gasteiger partial charge in [-0.05, 0) is 31.9 Å². The lowest BCUT2D eigenvalue weighted by atomic mass is 10.0. The molecule has 0 aliphatic heterocycles. The van der Waals surface area contributed by atoms with Gasteiger partial charge < -0.3 is 0 Å². The number of hydrogen-bond donors (Lipinski definition) is 0. The Kier molecular flexibility index (Phi) is 4.46. The first-order valence-electron chi connectivity index (χ1n) is 6.66. The van der Waals surface area contributed by atoms with Crippen LogP contribution >= 0.6 is 0 Å². The van der Waals surface area contributed by atoms with E-state index < -0.39 is 17.7 Å². The maximum atomic E-state index is 13.7. The van der Waals surface area contributed by atoms with E-state index in [1.165, 1.54) is 6.07 Å². The largest absolute Gasteiger partial charge is 0.292 e. The van der Waals surface area contributed by atoms with Gasteiger partial charge in [-0.25, -0.2) is 8.78 Å². The molecule has 1 fully saturated rings. The summed E-state index contributed by atoms with van der Waals surface area (Å²) in [6.07, 6.45) is 2.32. The van der Waals surface area contributed by atoms with E-state index >= 15 is 0 Å². The number of nitriles is 1. The molecule has 1 aromatic carbocycles. The quantitative estimate of drug-likeness (QED) is 0.751. The van der Waals surface area contributed by atoms with Crippen molar-refractivity contribution in [3.63, 3.8) is 0 Å². The van der Waals surface area contributed by atoms with Crippen molar-refractivity contribution >= 4 is 5.78 Å². The van der Waals surface area contributed by atoms with E-state index in [9.17, 15) is 13.6 Å². The molecular weight excluding hydrogens is 262 g/mol. The third-order valence-electron chi connectivity index (χ3n) is 3.57. The van der Waals surface area contributed by atoms with Crippen LogP contribution in [0.3, 0.4) is 0 Å². The molecule has 0 amide bonds. The van der Waals surface area contributed by atoms with E-state index in [4.69, 9.17) is 5.26 Å². The van der Waals surface area contributed by atoms with Crippen LogP contribution in [-0.4, -0.2) is 29.3 Å². The number of Topliss-reactive ketones (excluding diaryl/α,β-unsaturated/α-hetero) is 1. The summed E-state index contributed by atoms with van der Waals surface area (Å²) in [5.74, 6) is -1.90. The molecule has 1 unspecified atom stereocenters. The lowest BCUT2D eigenvalue weighted by Gasteiger charge is -2.27. The number of benzene rings is 1. The molecule has 1 aliphatic rings. The molecular formula is C15H16F2N2O. The maximum Gasteiger partial charge on any atom is 0.182 e. The van der Waals surface area contributed by atoms with Gasteiger partial charge in [0.1, 0.15) is 11.6 Å². The Morgan fingerprint density at radius 3 is 2.75 bits per heavy atom. The number of rotatable bonds is 6. The van der Waals surface area contributed by atoms with Crippen molar-refractivity contribution in [1.82, 2.24) is 4.90 Å². The number of nitrogens with zero attached hydrogens (tertiary/aromatic N) is 2. The Hall–Kier alpha value is -1.80. The van der Waals surface area contributed by atoms with Crippen molar-refractivity contribution in [3.05, 3.63) is 35.4 Å². The Balaban J connectivity index is 2.15. The molecule has 0 saturated heterocycles. The van der Waals surface area contributed by atoms with Gasteiger partial charge in [-0.15, -0.1) is 0 Å². The molecule has 0 radical (unpaired) electrons. The predicted octanol–water partition coefficient (Wildman–Crippen LogP) is 2.91. The van der Waals surface area contributed by atoms with Crippen molar-refractivity contribution in [2.75, 3.05) is 6.54 Å². The molecule has 2 rings (SSSR count). The van der Waals surface area contributed by atoms with Gasteiger partial charge in [0.25, 0.3) is 0 Å². The van der Waals surface area contributed by atoms with Crippen LogP contribution in [0.2, 0.25) is 0 Å². The minimum Gasteiger partial charge on any atom is -0.292 e. The van der Waals surface area contributed by atoms with E-state index in [1.807, 2.05) is 4.90 Å². The smallest absolute Gasteiger partial charge is 0.182 e. The van der Waals surface area contributed by atoms with Gasteiger partial charge in [0.15, 0.2) is 5.78 Å². The normalized spacial score (nSPS) is 15.9. The van der Waals surface area contributed by atoms with Crippen LogP contribution in [0.1, 0.15) is 36.5 Å². The Morgan fingerprint density at radius 1 is 1.50 bits per heavy atom. The topological polar surface area (TPSA) is 44.1 Å². The second-order valence-electron chi connectivity index (χ2n) is 5.04. The van der Waals surface area contributed by atoms with Crippen molar-refractivity contribution in [1.29, 1.82) is 5.26 Å². The van der Waals surface area contributed by atoms with E-state index in [0.717, 1.165) is 25.0 Å². The van der Waals surface area contributed by atoms with Crippen LogP contribution in [0.4, 0.5) is 8.78 Å². The fourth-order valence-electron chi connectivity index (χ4n) is 2.34. The average Bonchev–Trinajstić information content (AvgIpc) is 3.23. The summed E-state index contributed by atoms with van der Waals surface area (Å²) < 4.78 is 26.5. The summed E-state index contributed by atoms with van der Waals surface area (Å²) in [6, 6.07) is 4.83. The molecule has 5 heteroatoms. The zero-order chi connectivity index (χ0) is 14.7. The van der Waals surface area contributed by atoms with Crippen LogP contribution in [0.25, 0.3) is 0 Å². The SMILES string of the molecule is CC(C(=O)c1ccc(F)cc1F)N(CCC#N)C1CC1. The minimum absolute atomic E-state index is 0.0958. The van der Waals surface area contributed by atoms with Gasteiger partial charge in [0.2, 0.25) is 0 Å². The third kappa shape index (κ3) is 3.20. The Bertz CT molecular complexity index is 549. The van der Waals surface area contributed by atoms with Crippen LogP contribution in [0, 0.1) is 23.0 Å². The van der Waals surface area contributed by atoms with Crippen LogP contribution in [0.5, 0.6) is 0 Å². The molecule has 1 saturated carbocycles. The molecule has 0 bridgehead atoms. The molecule has 1 aromatic rings. The second-order valence-corrected chi connectivity index (χ2v) is 5.04. The number of halogens is 2. The predicted molar refractivity (Wildman–Crippen MR) is 70.1 cm³/mol. The minimum atomic E-state index is -0.835. The highest BCUT2D eigenvalue weighted by Gasteiger charge is 2.35. The zero-order valence-corrected chi connectivity index (χ0v) is 11.3. The van der Waals surface area contributed by atoms with Crippen LogP contribution in [0.15, 0.2) is 18.2 Å². The van der Waals surface area contributed by atoms with Crippen molar-refractivity contribution < 1.29 is 13.6 Å². The van der Waals surface area contributed by atoms with Gasteiger partial charge in [-0.2, -0.15) is 5.26 Å². The fraction of sp³-hybridized carbons (Fsp3) is 0.467. The fourth-order valence-corrected chi connectivity index (χ4v) is 2.34. The van der Waals surface area contributed by atoms with Gasteiger partial charge in [0, 0.05) is 25.1 Å². The summed E-state index contributed by atoms with van der Waals surface area (Å²) in [5.41, 5.74) is -0.0958. The summed E-state index contributed by atoms with van der Waals surface area (Å²) >= 11 is 0. The van der Waals surface area contributed by atoms with Crippen LogP contribution in [-0.2, 0) is 0 Å². The number of hydrogen-bond acceptors (Lipinski definition) is 3.